The molecule has 1 heterocycles. The molecule has 0 radical (unpaired) electrons. The molecule has 2 aromatic carbocycles. The first kappa shape index (κ1) is 19.2. The van der Waals surface area contributed by atoms with Gasteiger partial charge in [-0.2, -0.15) is 0 Å². The van der Waals surface area contributed by atoms with Gasteiger partial charge in [0.15, 0.2) is 11.5 Å². The van der Waals surface area contributed by atoms with Crippen molar-refractivity contribution >= 4 is 23.6 Å². The van der Waals surface area contributed by atoms with Crippen LogP contribution in [0.2, 0.25) is 0 Å². The Morgan fingerprint density at radius 2 is 2.04 bits per heavy atom. The van der Waals surface area contributed by atoms with Crippen LogP contribution in [0.4, 0.5) is 5.69 Å². The Morgan fingerprint density at radius 3 is 2.71 bits per heavy atom. The standard InChI is InChI=1S/C22H23N3O3/c1-4-6-16-11-15(13-19(20(16)26)28-5-2)12-18-21(27)25-22(24-18)23-17-9-7-14(3)8-10-17/h4,7-13,26H,1,5-6H2,2-3H3,(H2,23,24,25,27). The van der Waals surface area contributed by atoms with Crippen LogP contribution in [0, 0.1) is 6.92 Å². The van der Waals surface area contributed by atoms with Gasteiger partial charge in [0, 0.05) is 11.3 Å². The normalized spacial score (nSPS) is 14.6. The third-order valence-corrected chi connectivity index (χ3v) is 4.15. The number of guanidine groups is 1. The number of allylic oxidation sites excluding steroid dienone is 1. The highest BCUT2D eigenvalue weighted by Crippen LogP contribution is 2.33. The molecule has 0 unspecified atom stereocenters. The summed E-state index contributed by atoms with van der Waals surface area (Å²) in [7, 11) is 0. The van der Waals surface area contributed by atoms with E-state index in [1.807, 2.05) is 38.1 Å². The highest BCUT2D eigenvalue weighted by molar-refractivity contribution is 6.17. The molecule has 1 amide bonds. The molecule has 0 aliphatic carbocycles. The molecule has 2 aromatic rings. The second-order valence-corrected chi connectivity index (χ2v) is 6.39. The number of rotatable bonds is 6. The number of ether oxygens (including phenoxy) is 1. The van der Waals surface area contributed by atoms with Crippen molar-refractivity contribution in [3.8, 4) is 11.5 Å². The Balaban J connectivity index is 1.89. The van der Waals surface area contributed by atoms with Gasteiger partial charge in [-0.25, -0.2) is 4.99 Å². The molecule has 6 nitrogen and oxygen atoms in total. The Bertz CT molecular complexity index is 960. The summed E-state index contributed by atoms with van der Waals surface area (Å²) in [6.45, 7) is 7.98. The van der Waals surface area contributed by atoms with Crippen molar-refractivity contribution in [2.24, 2.45) is 4.99 Å². The van der Waals surface area contributed by atoms with E-state index in [0.717, 1.165) is 11.3 Å². The Morgan fingerprint density at radius 1 is 1.29 bits per heavy atom. The van der Waals surface area contributed by atoms with E-state index >= 15 is 0 Å². The summed E-state index contributed by atoms with van der Waals surface area (Å²) < 4.78 is 5.50. The molecule has 1 aliphatic rings. The van der Waals surface area contributed by atoms with Gasteiger partial charge in [-0.3, -0.25) is 10.1 Å². The third-order valence-electron chi connectivity index (χ3n) is 4.15. The maximum absolute atomic E-state index is 12.3. The van der Waals surface area contributed by atoms with Crippen LogP contribution in [-0.2, 0) is 11.2 Å². The predicted molar refractivity (Wildman–Crippen MR) is 112 cm³/mol. The van der Waals surface area contributed by atoms with E-state index in [1.165, 1.54) is 0 Å². The summed E-state index contributed by atoms with van der Waals surface area (Å²) in [6.07, 6.45) is 3.85. The molecular weight excluding hydrogens is 354 g/mol. The Hall–Kier alpha value is -3.54. The number of nitrogens with one attached hydrogen (secondary N) is 2. The number of carbonyl (C=O) groups excluding carboxylic acids is 1. The lowest BCUT2D eigenvalue weighted by Crippen LogP contribution is -2.29. The number of hydrogen-bond acceptors (Lipinski definition) is 5. The first-order valence-corrected chi connectivity index (χ1v) is 9.05. The molecule has 0 saturated carbocycles. The van der Waals surface area contributed by atoms with Crippen molar-refractivity contribution < 1.29 is 14.6 Å². The average Bonchev–Trinajstić information content (AvgIpc) is 3.00. The highest BCUT2D eigenvalue weighted by Gasteiger charge is 2.20. The van der Waals surface area contributed by atoms with Crippen LogP contribution in [0.5, 0.6) is 11.5 Å². The number of phenolic OH excluding ortho intramolecular Hbond substituents is 1. The fourth-order valence-corrected chi connectivity index (χ4v) is 2.81. The topological polar surface area (TPSA) is 83.0 Å². The van der Waals surface area contributed by atoms with Crippen molar-refractivity contribution in [1.29, 1.82) is 0 Å². The first-order valence-electron chi connectivity index (χ1n) is 9.05. The SMILES string of the molecule is C=CCc1cc(C=C2N=C(Nc3ccc(C)cc3)NC2=O)cc(OCC)c1O. The zero-order valence-electron chi connectivity index (χ0n) is 16.0. The molecule has 3 N–H and O–H groups in total. The van der Waals surface area contributed by atoms with Gasteiger partial charge in [0.1, 0.15) is 5.70 Å². The van der Waals surface area contributed by atoms with Crippen LogP contribution in [0.1, 0.15) is 23.6 Å². The molecule has 0 atom stereocenters. The molecule has 0 bridgehead atoms. The number of hydrogen-bond donors (Lipinski definition) is 3. The number of anilines is 1. The van der Waals surface area contributed by atoms with Crippen molar-refractivity contribution in [3.63, 3.8) is 0 Å². The van der Waals surface area contributed by atoms with E-state index in [9.17, 15) is 9.90 Å². The van der Waals surface area contributed by atoms with Crippen LogP contribution >= 0.6 is 0 Å². The lowest BCUT2D eigenvalue weighted by molar-refractivity contribution is -0.115. The second-order valence-electron chi connectivity index (χ2n) is 6.39. The first-order chi connectivity index (χ1) is 13.5. The Labute approximate surface area is 164 Å². The second kappa shape index (κ2) is 8.43. The summed E-state index contributed by atoms with van der Waals surface area (Å²) in [5.41, 5.74) is 3.64. The van der Waals surface area contributed by atoms with Gasteiger partial charge >= 0.3 is 0 Å². The minimum absolute atomic E-state index is 0.0880. The minimum Gasteiger partial charge on any atom is -0.504 e. The van der Waals surface area contributed by atoms with Gasteiger partial charge in [0.05, 0.1) is 6.61 Å². The molecule has 0 spiro atoms. The smallest absolute Gasteiger partial charge is 0.276 e. The number of nitrogens with zero attached hydrogens (tertiary/aromatic N) is 1. The fourth-order valence-electron chi connectivity index (χ4n) is 2.81. The van der Waals surface area contributed by atoms with E-state index in [1.54, 1.807) is 24.3 Å². The third kappa shape index (κ3) is 4.40. The van der Waals surface area contributed by atoms with Crippen LogP contribution in [0.3, 0.4) is 0 Å². The monoisotopic (exact) mass is 377 g/mol. The number of aryl methyl sites for hydroxylation is 1. The summed E-state index contributed by atoms with van der Waals surface area (Å²) in [5, 5.41) is 16.1. The van der Waals surface area contributed by atoms with E-state index in [0.29, 0.717) is 35.9 Å². The molecule has 0 saturated heterocycles. The summed E-state index contributed by atoms with van der Waals surface area (Å²) in [4.78, 5) is 16.6. The number of benzene rings is 2. The van der Waals surface area contributed by atoms with Crippen molar-refractivity contribution in [2.45, 2.75) is 20.3 Å². The number of phenols is 1. The van der Waals surface area contributed by atoms with Crippen LogP contribution in [0.15, 0.2) is 59.7 Å². The van der Waals surface area contributed by atoms with Crippen molar-refractivity contribution in [2.75, 3.05) is 11.9 Å². The van der Waals surface area contributed by atoms with Crippen molar-refractivity contribution in [1.82, 2.24) is 5.32 Å². The Kier molecular flexibility index (Phi) is 5.79. The molecule has 28 heavy (non-hydrogen) atoms. The van der Waals surface area contributed by atoms with Gasteiger partial charge < -0.3 is 15.2 Å². The van der Waals surface area contributed by atoms with Crippen LogP contribution in [-0.4, -0.2) is 23.6 Å². The zero-order valence-corrected chi connectivity index (χ0v) is 16.0. The minimum atomic E-state index is -0.300. The summed E-state index contributed by atoms with van der Waals surface area (Å²) in [6, 6.07) is 11.3. The highest BCUT2D eigenvalue weighted by atomic mass is 16.5. The van der Waals surface area contributed by atoms with Gasteiger partial charge in [0.25, 0.3) is 5.91 Å². The van der Waals surface area contributed by atoms with E-state index in [-0.39, 0.29) is 17.4 Å². The molecular formula is C22H23N3O3. The number of aromatic hydroxyl groups is 1. The van der Waals surface area contributed by atoms with Crippen molar-refractivity contribution in [3.05, 3.63) is 71.4 Å². The summed E-state index contributed by atoms with van der Waals surface area (Å²) >= 11 is 0. The molecule has 0 fully saturated rings. The molecule has 0 aromatic heterocycles. The fraction of sp³-hybridized carbons (Fsp3) is 0.182. The quantitative estimate of drug-likeness (QED) is 0.529. The van der Waals surface area contributed by atoms with Gasteiger partial charge in [-0.1, -0.05) is 23.8 Å². The van der Waals surface area contributed by atoms with Crippen LogP contribution in [0.25, 0.3) is 6.08 Å². The number of aliphatic imine (C=N–C) groups is 1. The number of carbonyl (C=O) groups is 1. The molecule has 6 heteroatoms. The van der Waals surface area contributed by atoms with Gasteiger partial charge in [-0.15, -0.1) is 6.58 Å². The molecule has 144 valence electrons. The lowest BCUT2D eigenvalue weighted by atomic mass is 10.0. The van der Waals surface area contributed by atoms with E-state index in [4.69, 9.17) is 4.74 Å². The number of amides is 1. The molecule has 3 rings (SSSR count). The summed E-state index contributed by atoms with van der Waals surface area (Å²) in [5.74, 6) is 0.528. The predicted octanol–water partition coefficient (Wildman–Crippen LogP) is 3.77. The largest absolute Gasteiger partial charge is 0.504 e. The van der Waals surface area contributed by atoms with E-state index in [2.05, 4.69) is 22.2 Å². The maximum Gasteiger partial charge on any atom is 0.276 e. The maximum atomic E-state index is 12.3. The van der Waals surface area contributed by atoms with E-state index < -0.39 is 0 Å². The van der Waals surface area contributed by atoms with Gasteiger partial charge in [-0.05, 0) is 56.2 Å². The molecule has 1 aliphatic heterocycles. The van der Waals surface area contributed by atoms with Crippen LogP contribution < -0.4 is 15.4 Å². The average molecular weight is 377 g/mol. The zero-order chi connectivity index (χ0) is 20.1. The lowest BCUT2D eigenvalue weighted by Gasteiger charge is -2.11. The van der Waals surface area contributed by atoms with Gasteiger partial charge in [0.2, 0.25) is 5.96 Å².